The fraction of sp³-hybridized carbons (Fsp3) is 0.400. The molecule has 6 heteroatoms. The molecule has 0 aliphatic carbocycles. The van der Waals surface area contributed by atoms with Gasteiger partial charge in [0.05, 0.1) is 19.6 Å². The standard InChI is InChI=1S/C25H29NO5/c1-18(14-23(27)21-8-10-22(30-2)11-9-21)25(29)31-17-20-15-24(28)26(16-20)13-12-19-6-4-3-5-7-19/h3-11,18,20H,12-17H2,1-2H3/t18-,20+/m0/s1. The zero-order valence-corrected chi connectivity index (χ0v) is 18.1. The molecule has 3 rings (SSSR count). The van der Waals surface area contributed by atoms with E-state index in [1.165, 1.54) is 5.56 Å². The van der Waals surface area contributed by atoms with Gasteiger partial charge in [-0.15, -0.1) is 0 Å². The third-order valence-electron chi connectivity index (χ3n) is 5.58. The largest absolute Gasteiger partial charge is 0.497 e. The highest BCUT2D eigenvalue weighted by atomic mass is 16.5. The van der Waals surface area contributed by atoms with Gasteiger partial charge in [-0.25, -0.2) is 0 Å². The molecule has 0 spiro atoms. The van der Waals surface area contributed by atoms with Crippen LogP contribution in [0, 0.1) is 11.8 Å². The number of hydrogen-bond donors (Lipinski definition) is 0. The van der Waals surface area contributed by atoms with E-state index >= 15 is 0 Å². The molecule has 1 fully saturated rings. The van der Waals surface area contributed by atoms with Gasteiger partial charge in [0.1, 0.15) is 5.75 Å². The van der Waals surface area contributed by atoms with Gasteiger partial charge >= 0.3 is 5.97 Å². The van der Waals surface area contributed by atoms with Crippen molar-refractivity contribution in [2.75, 3.05) is 26.8 Å². The van der Waals surface area contributed by atoms with Crippen LogP contribution < -0.4 is 4.74 Å². The number of hydrogen-bond acceptors (Lipinski definition) is 5. The minimum absolute atomic E-state index is 0.00304. The molecule has 1 amide bonds. The van der Waals surface area contributed by atoms with Crippen LogP contribution in [0.1, 0.15) is 35.7 Å². The monoisotopic (exact) mass is 423 g/mol. The number of ketones is 1. The van der Waals surface area contributed by atoms with Gasteiger partial charge in [0.2, 0.25) is 5.91 Å². The molecule has 0 unspecified atom stereocenters. The molecule has 0 bridgehead atoms. The molecule has 2 aromatic carbocycles. The predicted molar refractivity (Wildman–Crippen MR) is 117 cm³/mol. The van der Waals surface area contributed by atoms with Crippen molar-refractivity contribution in [2.24, 2.45) is 11.8 Å². The van der Waals surface area contributed by atoms with Crippen LogP contribution in [0.5, 0.6) is 5.75 Å². The van der Waals surface area contributed by atoms with Crippen molar-refractivity contribution in [2.45, 2.75) is 26.2 Å². The van der Waals surface area contributed by atoms with E-state index < -0.39 is 11.9 Å². The number of amides is 1. The Morgan fingerprint density at radius 1 is 1.10 bits per heavy atom. The predicted octanol–water partition coefficient (Wildman–Crippen LogP) is 3.54. The van der Waals surface area contributed by atoms with Crippen LogP contribution >= 0.6 is 0 Å². The fourth-order valence-corrected chi connectivity index (χ4v) is 3.69. The van der Waals surface area contributed by atoms with Gasteiger partial charge in [0, 0.05) is 37.4 Å². The smallest absolute Gasteiger partial charge is 0.309 e. The first kappa shape index (κ1) is 22.5. The van der Waals surface area contributed by atoms with E-state index in [4.69, 9.17) is 9.47 Å². The summed E-state index contributed by atoms with van der Waals surface area (Å²) >= 11 is 0. The highest BCUT2D eigenvalue weighted by Gasteiger charge is 2.30. The number of benzene rings is 2. The van der Waals surface area contributed by atoms with Crippen LogP contribution in [0.4, 0.5) is 0 Å². The van der Waals surface area contributed by atoms with Gasteiger partial charge in [0.25, 0.3) is 0 Å². The Bertz CT molecular complexity index is 894. The van der Waals surface area contributed by atoms with Crippen LogP contribution in [0.2, 0.25) is 0 Å². The Balaban J connectivity index is 1.41. The Labute approximate surface area is 183 Å². The molecule has 2 aromatic rings. The van der Waals surface area contributed by atoms with E-state index in [1.807, 2.05) is 23.1 Å². The molecule has 31 heavy (non-hydrogen) atoms. The first-order chi connectivity index (χ1) is 15.0. The van der Waals surface area contributed by atoms with Gasteiger partial charge in [0.15, 0.2) is 5.78 Å². The first-order valence-electron chi connectivity index (χ1n) is 10.6. The van der Waals surface area contributed by atoms with Gasteiger partial charge in [-0.3, -0.25) is 14.4 Å². The van der Waals surface area contributed by atoms with E-state index in [-0.39, 0.29) is 30.6 Å². The number of ether oxygens (including phenoxy) is 2. The number of esters is 1. The Hall–Kier alpha value is -3.15. The number of nitrogens with zero attached hydrogens (tertiary/aromatic N) is 1. The Kier molecular flexibility index (Phi) is 7.82. The highest BCUT2D eigenvalue weighted by Crippen LogP contribution is 2.20. The summed E-state index contributed by atoms with van der Waals surface area (Å²) in [4.78, 5) is 38.8. The molecule has 6 nitrogen and oxygen atoms in total. The summed E-state index contributed by atoms with van der Waals surface area (Å²) in [5.41, 5.74) is 1.73. The number of likely N-dealkylation sites (tertiary alicyclic amines) is 1. The maximum Gasteiger partial charge on any atom is 0.309 e. The average molecular weight is 424 g/mol. The highest BCUT2D eigenvalue weighted by molar-refractivity contribution is 5.98. The van der Waals surface area contributed by atoms with Crippen molar-refractivity contribution in [1.29, 1.82) is 0 Å². The summed E-state index contributed by atoms with van der Waals surface area (Å²) in [6.07, 6.45) is 1.28. The quantitative estimate of drug-likeness (QED) is 0.432. The molecular weight excluding hydrogens is 394 g/mol. The lowest BCUT2D eigenvalue weighted by molar-refractivity contribution is -0.149. The number of carbonyl (C=O) groups excluding carboxylic acids is 3. The van der Waals surface area contributed by atoms with Crippen molar-refractivity contribution in [3.8, 4) is 5.75 Å². The maximum atomic E-state index is 12.4. The molecule has 0 aromatic heterocycles. The third kappa shape index (κ3) is 6.41. The Morgan fingerprint density at radius 2 is 1.81 bits per heavy atom. The zero-order valence-electron chi connectivity index (χ0n) is 18.1. The number of methoxy groups -OCH3 is 1. The second kappa shape index (κ2) is 10.8. The average Bonchev–Trinajstić information content (AvgIpc) is 3.16. The SMILES string of the molecule is COc1ccc(C(=O)C[C@H](C)C(=O)OC[C@@H]2CC(=O)N(CCc3ccccc3)C2)cc1. The van der Waals surface area contributed by atoms with Gasteiger partial charge in [-0.1, -0.05) is 37.3 Å². The van der Waals surface area contributed by atoms with Crippen molar-refractivity contribution < 1.29 is 23.9 Å². The topological polar surface area (TPSA) is 72.9 Å². The second-order valence-electron chi connectivity index (χ2n) is 8.03. The minimum Gasteiger partial charge on any atom is -0.497 e. The van der Waals surface area contributed by atoms with Crippen molar-refractivity contribution in [3.05, 3.63) is 65.7 Å². The van der Waals surface area contributed by atoms with Crippen LogP contribution in [-0.4, -0.2) is 49.4 Å². The van der Waals surface area contributed by atoms with Crippen molar-refractivity contribution >= 4 is 17.7 Å². The maximum absolute atomic E-state index is 12.4. The molecule has 2 atom stereocenters. The molecule has 0 radical (unpaired) electrons. The van der Waals surface area contributed by atoms with E-state index in [0.29, 0.717) is 30.8 Å². The molecule has 0 N–H and O–H groups in total. The lowest BCUT2D eigenvalue weighted by Crippen LogP contribution is -2.28. The summed E-state index contributed by atoms with van der Waals surface area (Å²) < 4.78 is 10.5. The molecule has 1 aliphatic heterocycles. The molecule has 1 heterocycles. The van der Waals surface area contributed by atoms with E-state index in [0.717, 1.165) is 6.42 Å². The number of carbonyl (C=O) groups is 3. The van der Waals surface area contributed by atoms with E-state index in [2.05, 4.69) is 12.1 Å². The summed E-state index contributed by atoms with van der Waals surface area (Å²) in [5, 5.41) is 0. The number of rotatable bonds is 10. The van der Waals surface area contributed by atoms with Crippen LogP contribution in [-0.2, 0) is 20.7 Å². The Morgan fingerprint density at radius 3 is 2.48 bits per heavy atom. The summed E-state index contributed by atoms with van der Waals surface area (Å²) in [6, 6.07) is 16.9. The van der Waals surface area contributed by atoms with Crippen LogP contribution in [0.25, 0.3) is 0 Å². The van der Waals surface area contributed by atoms with Gasteiger partial charge in [-0.2, -0.15) is 0 Å². The second-order valence-corrected chi connectivity index (χ2v) is 8.03. The lowest BCUT2D eigenvalue weighted by atomic mass is 10.00. The van der Waals surface area contributed by atoms with E-state index in [1.54, 1.807) is 38.3 Å². The van der Waals surface area contributed by atoms with Gasteiger partial charge in [-0.05, 0) is 36.2 Å². The van der Waals surface area contributed by atoms with Crippen molar-refractivity contribution in [1.82, 2.24) is 4.90 Å². The van der Waals surface area contributed by atoms with E-state index in [9.17, 15) is 14.4 Å². The summed E-state index contributed by atoms with van der Waals surface area (Å²) in [7, 11) is 1.56. The summed E-state index contributed by atoms with van der Waals surface area (Å²) in [5.74, 6) is -0.294. The first-order valence-corrected chi connectivity index (χ1v) is 10.6. The fourth-order valence-electron chi connectivity index (χ4n) is 3.69. The van der Waals surface area contributed by atoms with Crippen LogP contribution in [0.3, 0.4) is 0 Å². The number of Topliss-reactive ketones (excluding diaryl/α,β-unsaturated/α-hetero) is 1. The third-order valence-corrected chi connectivity index (χ3v) is 5.58. The lowest BCUT2D eigenvalue weighted by Gasteiger charge is -2.17. The van der Waals surface area contributed by atoms with Crippen molar-refractivity contribution in [3.63, 3.8) is 0 Å². The van der Waals surface area contributed by atoms with Crippen LogP contribution in [0.15, 0.2) is 54.6 Å². The van der Waals surface area contributed by atoms with Gasteiger partial charge < -0.3 is 14.4 Å². The normalized spacial score (nSPS) is 16.8. The molecular formula is C25H29NO5. The zero-order chi connectivity index (χ0) is 22.2. The molecule has 1 saturated heterocycles. The molecule has 0 saturated carbocycles. The molecule has 1 aliphatic rings. The molecule has 164 valence electrons. The summed E-state index contributed by atoms with van der Waals surface area (Å²) in [6.45, 7) is 3.15. The minimum atomic E-state index is -0.541.